The second-order valence-corrected chi connectivity index (χ2v) is 5.57. The summed E-state index contributed by atoms with van der Waals surface area (Å²) in [5, 5.41) is 2.80. The molecular formula is C17H23FN2O4. The van der Waals surface area contributed by atoms with Crippen LogP contribution in [0.4, 0.5) is 4.39 Å². The first-order valence-corrected chi connectivity index (χ1v) is 8.02. The minimum absolute atomic E-state index is 0.148. The van der Waals surface area contributed by atoms with Crippen molar-refractivity contribution in [2.45, 2.75) is 25.5 Å². The number of hydrogen-bond donors (Lipinski definition) is 1. The molecule has 2 rings (SSSR count). The van der Waals surface area contributed by atoms with Crippen molar-refractivity contribution in [3.63, 3.8) is 0 Å². The van der Waals surface area contributed by atoms with E-state index in [1.807, 2.05) is 6.92 Å². The van der Waals surface area contributed by atoms with Gasteiger partial charge in [-0.2, -0.15) is 0 Å². The summed E-state index contributed by atoms with van der Waals surface area (Å²) < 4.78 is 23.8. The third kappa shape index (κ3) is 4.52. The lowest BCUT2D eigenvalue weighted by molar-refractivity contribution is -0.162. The number of nitrogens with one attached hydrogen (secondary N) is 1. The van der Waals surface area contributed by atoms with Gasteiger partial charge in [0.25, 0.3) is 5.91 Å². The molecule has 0 bridgehead atoms. The van der Waals surface area contributed by atoms with Crippen molar-refractivity contribution in [1.82, 2.24) is 10.2 Å². The molecule has 2 atom stereocenters. The first-order valence-electron chi connectivity index (χ1n) is 8.02. The fourth-order valence-electron chi connectivity index (χ4n) is 2.62. The van der Waals surface area contributed by atoms with E-state index < -0.39 is 12.1 Å². The zero-order chi connectivity index (χ0) is 17.5. The molecule has 24 heavy (non-hydrogen) atoms. The molecule has 2 amide bonds. The molecule has 6 nitrogen and oxygen atoms in total. The van der Waals surface area contributed by atoms with Gasteiger partial charge < -0.3 is 19.7 Å². The molecule has 0 aliphatic carbocycles. The minimum atomic E-state index is -0.828. The highest BCUT2D eigenvalue weighted by molar-refractivity contribution is 5.86. The number of hydrogen-bond acceptors (Lipinski definition) is 4. The summed E-state index contributed by atoms with van der Waals surface area (Å²) >= 11 is 0. The van der Waals surface area contributed by atoms with Crippen LogP contribution in [0.2, 0.25) is 0 Å². The Labute approximate surface area is 140 Å². The Kier molecular flexibility index (Phi) is 6.69. The highest BCUT2D eigenvalue weighted by Crippen LogP contribution is 2.29. The van der Waals surface area contributed by atoms with Gasteiger partial charge >= 0.3 is 0 Å². The van der Waals surface area contributed by atoms with Crippen LogP contribution < -0.4 is 5.32 Å². The predicted octanol–water partition coefficient (Wildman–Crippen LogP) is 1.27. The van der Waals surface area contributed by atoms with Gasteiger partial charge in [0, 0.05) is 26.8 Å². The number of benzene rings is 1. The molecule has 0 radical (unpaired) electrons. The standard InChI is InChI=1S/C17H23FN2O4/c1-3-23-10-4-9-19-17(22)16-15(20(2)14(21)11-24-16)12-5-7-13(18)8-6-12/h5-8,15-16H,3-4,9-11H2,1-2H3,(H,19,22)/t15-,16-/m1/s1. The van der Waals surface area contributed by atoms with E-state index in [4.69, 9.17) is 9.47 Å². The highest BCUT2D eigenvalue weighted by atomic mass is 19.1. The van der Waals surface area contributed by atoms with Crippen molar-refractivity contribution < 1.29 is 23.5 Å². The van der Waals surface area contributed by atoms with Gasteiger partial charge in [-0.3, -0.25) is 9.59 Å². The Hall–Kier alpha value is -1.99. The number of amides is 2. The van der Waals surface area contributed by atoms with Crippen LogP contribution in [0.1, 0.15) is 24.9 Å². The quantitative estimate of drug-likeness (QED) is 0.760. The third-order valence-electron chi connectivity index (χ3n) is 3.92. The number of halogens is 1. The lowest BCUT2D eigenvalue weighted by atomic mass is 9.97. The first kappa shape index (κ1) is 18.4. The molecule has 132 valence electrons. The molecule has 0 aromatic heterocycles. The number of morpholine rings is 1. The molecule has 1 saturated heterocycles. The van der Waals surface area contributed by atoms with Crippen molar-refractivity contribution >= 4 is 11.8 Å². The van der Waals surface area contributed by atoms with Crippen LogP contribution in [0.15, 0.2) is 24.3 Å². The van der Waals surface area contributed by atoms with Crippen LogP contribution in [0.3, 0.4) is 0 Å². The van der Waals surface area contributed by atoms with E-state index in [1.165, 1.54) is 17.0 Å². The summed E-state index contributed by atoms with van der Waals surface area (Å²) in [4.78, 5) is 25.8. The SMILES string of the molecule is CCOCCCNC(=O)[C@@H]1OCC(=O)N(C)[C@@H]1c1ccc(F)cc1. The first-order chi connectivity index (χ1) is 11.5. The van der Waals surface area contributed by atoms with Gasteiger partial charge in [-0.05, 0) is 31.0 Å². The smallest absolute Gasteiger partial charge is 0.251 e. The van der Waals surface area contributed by atoms with Crippen molar-refractivity contribution in [3.8, 4) is 0 Å². The average molecular weight is 338 g/mol. The Bertz CT molecular complexity index is 564. The highest BCUT2D eigenvalue weighted by Gasteiger charge is 2.39. The average Bonchev–Trinajstić information content (AvgIpc) is 2.58. The summed E-state index contributed by atoms with van der Waals surface area (Å²) in [5.41, 5.74) is 0.654. The van der Waals surface area contributed by atoms with Gasteiger partial charge in [-0.1, -0.05) is 12.1 Å². The third-order valence-corrected chi connectivity index (χ3v) is 3.92. The molecule has 1 aliphatic heterocycles. The normalized spacial score (nSPS) is 21.0. The van der Waals surface area contributed by atoms with Crippen molar-refractivity contribution in [2.24, 2.45) is 0 Å². The van der Waals surface area contributed by atoms with E-state index >= 15 is 0 Å². The summed E-state index contributed by atoms with van der Waals surface area (Å²) in [7, 11) is 1.62. The lowest BCUT2D eigenvalue weighted by Gasteiger charge is -2.38. The number of nitrogens with zero attached hydrogens (tertiary/aromatic N) is 1. The lowest BCUT2D eigenvalue weighted by Crippen LogP contribution is -2.53. The van der Waals surface area contributed by atoms with Crippen molar-refractivity contribution in [3.05, 3.63) is 35.6 Å². The minimum Gasteiger partial charge on any atom is -0.382 e. The summed E-state index contributed by atoms with van der Waals surface area (Å²) in [6.45, 7) is 3.44. The van der Waals surface area contributed by atoms with E-state index in [-0.39, 0.29) is 24.2 Å². The summed E-state index contributed by atoms with van der Waals surface area (Å²) in [5.74, 6) is -0.883. The molecule has 0 spiro atoms. The number of likely N-dealkylation sites (N-methyl/N-ethyl adjacent to an activating group) is 1. The second-order valence-electron chi connectivity index (χ2n) is 5.57. The fourth-order valence-corrected chi connectivity index (χ4v) is 2.62. The van der Waals surface area contributed by atoms with Crippen LogP contribution in [0.25, 0.3) is 0 Å². The Morgan fingerprint density at radius 3 is 2.79 bits per heavy atom. The van der Waals surface area contributed by atoms with E-state index in [9.17, 15) is 14.0 Å². The molecule has 1 fully saturated rings. The number of carbonyl (C=O) groups is 2. The van der Waals surface area contributed by atoms with Crippen LogP contribution >= 0.6 is 0 Å². The van der Waals surface area contributed by atoms with Crippen LogP contribution in [0.5, 0.6) is 0 Å². The molecule has 1 N–H and O–H groups in total. The van der Waals surface area contributed by atoms with E-state index in [0.29, 0.717) is 31.7 Å². The van der Waals surface area contributed by atoms with Crippen LogP contribution in [-0.2, 0) is 19.1 Å². The van der Waals surface area contributed by atoms with Gasteiger partial charge in [0.05, 0.1) is 6.04 Å². The number of ether oxygens (including phenoxy) is 2. The van der Waals surface area contributed by atoms with Gasteiger partial charge in [0.2, 0.25) is 5.91 Å². The second kappa shape index (κ2) is 8.75. The Morgan fingerprint density at radius 2 is 2.12 bits per heavy atom. The predicted molar refractivity (Wildman–Crippen MR) is 85.8 cm³/mol. The molecule has 1 heterocycles. The van der Waals surface area contributed by atoms with E-state index in [2.05, 4.69) is 5.32 Å². The monoisotopic (exact) mass is 338 g/mol. The van der Waals surface area contributed by atoms with Gasteiger partial charge in [0.1, 0.15) is 12.4 Å². The van der Waals surface area contributed by atoms with Crippen LogP contribution in [-0.4, -0.2) is 56.2 Å². The largest absolute Gasteiger partial charge is 0.382 e. The van der Waals surface area contributed by atoms with Crippen molar-refractivity contribution in [2.75, 3.05) is 33.4 Å². The molecule has 0 unspecified atom stereocenters. The topological polar surface area (TPSA) is 67.9 Å². The summed E-state index contributed by atoms with van der Waals surface area (Å²) in [6, 6.07) is 5.15. The van der Waals surface area contributed by atoms with Crippen LogP contribution in [0, 0.1) is 5.82 Å². The van der Waals surface area contributed by atoms with E-state index in [0.717, 1.165) is 0 Å². The molecule has 1 aromatic rings. The van der Waals surface area contributed by atoms with Gasteiger partial charge in [-0.25, -0.2) is 4.39 Å². The Balaban J connectivity index is 2.06. The summed E-state index contributed by atoms with van der Waals surface area (Å²) in [6.07, 6.45) is -0.132. The maximum atomic E-state index is 13.1. The number of rotatable bonds is 7. The van der Waals surface area contributed by atoms with E-state index in [1.54, 1.807) is 19.2 Å². The maximum Gasteiger partial charge on any atom is 0.251 e. The Morgan fingerprint density at radius 1 is 1.42 bits per heavy atom. The molecule has 0 saturated carbocycles. The maximum absolute atomic E-state index is 13.1. The zero-order valence-electron chi connectivity index (χ0n) is 14.0. The molecule has 1 aromatic carbocycles. The zero-order valence-corrected chi connectivity index (χ0v) is 14.0. The number of carbonyl (C=O) groups excluding carboxylic acids is 2. The molecule has 1 aliphatic rings. The molecular weight excluding hydrogens is 315 g/mol. The molecule has 7 heteroatoms. The van der Waals surface area contributed by atoms with Gasteiger partial charge in [-0.15, -0.1) is 0 Å². The van der Waals surface area contributed by atoms with Crippen molar-refractivity contribution in [1.29, 1.82) is 0 Å². The fraction of sp³-hybridized carbons (Fsp3) is 0.529. The van der Waals surface area contributed by atoms with Gasteiger partial charge in [0.15, 0.2) is 6.10 Å².